The molecule has 0 aliphatic carbocycles. The van der Waals surface area contributed by atoms with Gasteiger partial charge in [0.1, 0.15) is 11.5 Å². The molecule has 2 aromatic carbocycles. The molecular weight excluding hydrogens is 420 g/mol. The maximum atomic E-state index is 13.2. The number of oxazole rings is 1. The van der Waals surface area contributed by atoms with Gasteiger partial charge in [-0.05, 0) is 61.6 Å². The Kier molecular flexibility index (Phi) is 5.91. The number of ether oxygens (including phenoxy) is 2. The lowest BCUT2D eigenvalue weighted by molar-refractivity contribution is -0.0261. The lowest BCUT2D eigenvalue weighted by atomic mass is 9.92. The Morgan fingerprint density at radius 1 is 1.21 bits per heavy atom. The predicted octanol–water partition coefficient (Wildman–Crippen LogP) is 3.36. The molecule has 2 N–H and O–H groups in total. The normalized spacial score (nSPS) is 19.7. The molecule has 0 radical (unpaired) electrons. The number of hydrogen-bond acceptors (Lipinski definition) is 6. The van der Waals surface area contributed by atoms with Crippen molar-refractivity contribution < 1.29 is 23.8 Å². The Bertz CT molecular complexity index is 1170. The molecule has 1 amide bonds. The van der Waals surface area contributed by atoms with Crippen LogP contribution in [-0.2, 0) is 17.6 Å². The lowest BCUT2D eigenvalue weighted by Gasteiger charge is -2.28. The average Bonchev–Trinajstić information content (AvgIpc) is 3.47. The predicted molar refractivity (Wildman–Crippen MR) is 123 cm³/mol. The SMILES string of the molecule is Cc1cnc(-c2ccc(Cc3cc(C(=O)N[C@H]4CCOC[C@@H]4O)c4c(c3C)CCO4)cc2)o1. The molecular formula is C26H28N2O5. The molecule has 0 bridgehead atoms. The number of amides is 1. The highest BCUT2D eigenvalue weighted by Crippen LogP contribution is 2.35. The fraction of sp³-hybridized carbons (Fsp3) is 0.385. The van der Waals surface area contributed by atoms with Crippen LogP contribution in [0.5, 0.6) is 5.75 Å². The zero-order chi connectivity index (χ0) is 22.9. The minimum atomic E-state index is -0.701. The smallest absolute Gasteiger partial charge is 0.255 e. The molecule has 3 heterocycles. The topological polar surface area (TPSA) is 93.8 Å². The maximum Gasteiger partial charge on any atom is 0.255 e. The van der Waals surface area contributed by atoms with E-state index in [0.29, 0.717) is 43.3 Å². The van der Waals surface area contributed by atoms with Crippen molar-refractivity contribution in [2.45, 2.75) is 45.3 Å². The van der Waals surface area contributed by atoms with E-state index in [9.17, 15) is 9.90 Å². The third-order valence-corrected chi connectivity index (χ3v) is 6.47. The fourth-order valence-corrected chi connectivity index (χ4v) is 4.56. The van der Waals surface area contributed by atoms with E-state index in [-0.39, 0.29) is 18.6 Å². The molecule has 3 aromatic rings. The third-order valence-electron chi connectivity index (χ3n) is 6.47. The van der Waals surface area contributed by atoms with Crippen molar-refractivity contribution in [1.29, 1.82) is 0 Å². The van der Waals surface area contributed by atoms with Crippen molar-refractivity contribution in [2.24, 2.45) is 0 Å². The van der Waals surface area contributed by atoms with E-state index in [1.165, 1.54) is 0 Å². The second kappa shape index (κ2) is 9.00. The summed E-state index contributed by atoms with van der Waals surface area (Å²) in [6.07, 6.45) is 3.09. The van der Waals surface area contributed by atoms with Gasteiger partial charge in [-0.15, -0.1) is 0 Å². The molecule has 33 heavy (non-hydrogen) atoms. The molecule has 1 fully saturated rings. The van der Waals surface area contributed by atoms with Crippen LogP contribution in [0.1, 0.15) is 44.8 Å². The molecule has 7 heteroatoms. The first-order valence-corrected chi connectivity index (χ1v) is 11.4. The van der Waals surface area contributed by atoms with Crippen LogP contribution in [0.25, 0.3) is 11.5 Å². The second-order valence-electron chi connectivity index (χ2n) is 8.78. The maximum absolute atomic E-state index is 13.2. The molecule has 0 saturated carbocycles. The van der Waals surface area contributed by atoms with Crippen LogP contribution in [0.3, 0.4) is 0 Å². The largest absolute Gasteiger partial charge is 0.492 e. The number of aromatic nitrogens is 1. The van der Waals surface area contributed by atoms with Crippen LogP contribution in [0, 0.1) is 13.8 Å². The van der Waals surface area contributed by atoms with Crippen LogP contribution >= 0.6 is 0 Å². The monoisotopic (exact) mass is 448 g/mol. The fourth-order valence-electron chi connectivity index (χ4n) is 4.56. The zero-order valence-corrected chi connectivity index (χ0v) is 18.9. The quantitative estimate of drug-likeness (QED) is 0.622. The molecule has 2 aliphatic rings. The van der Waals surface area contributed by atoms with Crippen LogP contribution in [0.4, 0.5) is 0 Å². The van der Waals surface area contributed by atoms with E-state index in [1.54, 1.807) is 6.20 Å². The number of nitrogens with one attached hydrogen (secondary N) is 1. The number of aliphatic hydroxyl groups excluding tert-OH is 1. The van der Waals surface area contributed by atoms with Crippen molar-refractivity contribution >= 4 is 5.91 Å². The van der Waals surface area contributed by atoms with E-state index in [2.05, 4.69) is 29.4 Å². The van der Waals surface area contributed by atoms with Gasteiger partial charge in [0.25, 0.3) is 5.91 Å². The summed E-state index contributed by atoms with van der Waals surface area (Å²) in [6.45, 7) is 5.31. The molecule has 2 atom stereocenters. The lowest BCUT2D eigenvalue weighted by Crippen LogP contribution is -2.48. The second-order valence-corrected chi connectivity index (χ2v) is 8.78. The Hall–Kier alpha value is -3.16. The summed E-state index contributed by atoms with van der Waals surface area (Å²) >= 11 is 0. The molecule has 7 nitrogen and oxygen atoms in total. The molecule has 2 aliphatic heterocycles. The van der Waals surface area contributed by atoms with E-state index in [0.717, 1.165) is 40.0 Å². The summed E-state index contributed by atoms with van der Waals surface area (Å²) in [6, 6.07) is 9.76. The van der Waals surface area contributed by atoms with Gasteiger partial charge in [0.2, 0.25) is 5.89 Å². The minimum Gasteiger partial charge on any atom is -0.492 e. The van der Waals surface area contributed by atoms with Crippen molar-refractivity contribution in [1.82, 2.24) is 10.3 Å². The van der Waals surface area contributed by atoms with Gasteiger partial charge in [-0.3, -0.25) is 4.79 Å². The first kappa shape index (κ1) is 21.7. The molecule has 1 saturated heterocycles. The number of carbonyl (C=O) groups is 1. The van der Waals surface area contributed by atoms with Gasteiger partial charge in [-0.1, -0.05) is 12.1 Å². The van der Waals surface area contributed by atoms with Gasteiger partial charge in [-0.2, -0.15) is 0 Å². The van der Waals surface area contributed by atoms with E-state index in [1.807, 2.05) is 25.1 Å². The number of rotatable bonds is 5. The molecule has 172 valence electrons. The highest BCUT2D eigenvalue weighted by atomic mass is 16.5. The van der Waals surface area contributed by atoms with Gasteiger partial charge in [-0.25, -0.2) is 4.98 Å². The minimum absolute atomic E-state index is 0.213. The number of fused-ring (bicyclic) bond motifs is 1. The van der Waals surface area contributed by atoms with Crippen molar-refractivity contribution in [3.8, 4) is 17.2 Å². The summed E-state index contributed by atoms with van der Waals surface area (Å²) in [5.74, 6) is 1.85. The highest BCUT2D eigenvalue weighted by Gasteiger charge is 2.29. The van der Waals surface area contributed by atoms with Gasteiger partial charge < -0.3 is 24.3 Å². The molecule has 5 rings (SSSR count). The van der Waals surface area contributed by atoms with Crippen molar-refractivity contribution in [3.63, 3.8) is 0 Å². The Morgan fingerprint density at radius 2 is 2.03 bits per heavy atom. The number of carbonyl (C=O) groups excluding carboxylic acids is 1. The first-order chi connectivity index (χ1) is 16.0. The Balaban J connectivity index is 1.40. The molecule has 0 unspecified atom stereocenters. The molecule has 1 aromatic heterocycles. The van der Waals surface area contributed by atoms with Gasteiger partial charge >= 0.3 is 0 Å². The summed E-state index contributed by atoms with van der Waals surface area (Å²) in [7, 11) is 0. The van der Waals surface area contributed by atoms with Crippen LogP contribution in [-0.4, -0.2) is 48.0 Å². The Labute approximate surface area is 192 Å². The van der Waals surface area contributed by atoms with Gasteiger partial charge in [0.05, 0.1) is 37.1 Å². The number of nitrogens with zero attached hydrogens (tertiary/aromatic N) is 1. The van der Waals surface area contributed by atoms with Gasteiger partial charge in [0.15, 0.2) is 0 Å². The van der Waals surface area contributed by atoms with Crippen LogP contribution in [0.15, 0.2) is 40.9 Å². The van der Waals surface area contributed by atoms with Crippen molar-refractivity contribution in [3.05, 3.63) is 70.1 Å². The first-order valence-electron chi connectivity index (χ1n) is 11.4. The van der Waals surface area contributed by atoms with E-state index < -0.39 is 6.10 Å². The van der Waals surface area contributed by atoms with E-state index >= 15 is 0 Å². The summed E-state index contributed by atoms with van der Waals surface area (Å²) in [5, 5.41) is 13.2. The summed E-state index contributed by atoms with van der Waals surface area (Å²) < 4.78 is 16.7. The summed E-state index contributed by atoms with van der Waals surface area (Å²) in [4.78, 5) is 17.5. The Morgan fingerprint density at radius 3 is 2.76 bits per heavy atom. The number of aliphatic hydroxyl groups is 1. The average molecular weight is 449 g/mol. The standard InChI is InChI=1S/C26H28N2O5/c1-15-13-27-26(33-15)18-5-3-17(4-6-18)11-19-12-21(24-20(16(19)2)7-10-32-24)25(30)28-22-8-9-31-14-23(22)29/h3-6,12-13,22-23,29H,7-11,14H2,1-2H3,(H,28,30)/t22-,23-/m0/s1. The highest BCUT2D eigenvalue weighted by molar-refractivity contribution is 5.98. The van der Waals surface area contributed by atoms with Crippen LogP contribution < -0.4 is 10.1 Å². The third kappa shape index (κ3) is 4.38. The number of hydrogen-bond donors (Lipinski definition) is 2. The van der Waals surface area contributed by atoms with Gasteiger partial charge in [0, 0.05) is 24.2 Å². The summed E-state index contributed by atoms with van der Waals surface area (Å²) in [5.41, 5.74) is 5.95. The molecule has 0 spiro atoms. The number of aryl methyl sites for hydroxylation is 1. The zero-order valence-electron chi connectivity index (χ0n) is 18.9. The van der Waals surface area contributed by atoms with Crippen molar-refractivity contribution in [2.75, 3.05) is 19.8 Å². The van der Waals surface area contributed by atoms with E-state index in [4.69, 9.17) is 13.9 Å². The number of benzene rings is 2. The van der Waals surface area contributed by atoms with Crippen LogP contribution in [0.2, 0.25) is 0 Å².